The Bertz CT molecular complexity index is 420. The average molecular weight is 342 g/mol. The van der Waals surface area contributed by atoms with Gasteiger partial charge in [0.25, 0.3) is 0 Å². The Kier molecular flexibility index (Phi) is 8.77. The van der Waals surface area contributed by atoms with E-state index in [4.69, 9.17) is 5.73 Å². The lowest BCUT2D eigenvalue weighted by molar-refractivity contribution is -0.123. The fourth-order valence-corrected chi connectivity index (χ4v) is 3.52. The first-order valence-electron chi connectivity index (χ1n) is 7.30. The number of sulfonamides is 1. The van der Waals surface area contributed by atoms with Crippen LogP contribution in [0.4, 0.5) is 0 Å². The summed E-state index contributed by atoms with van der Waals surface area (Å²) in [5.41, 5.74) is 5.84. The number of amides is 1. The van der Waals surface area contributed by atoms with E-state index in [2.05, 4.69) is 5.32 Å². The smallest absolute Gasteiger partial charge is 0.237 e. The highest BCUT2D eigenvalue weighted by Crippen LogP contribution is 2.14. The van der Waals surface area contributed by atoms with Crippen molar-refractivity contribution in [2.75, 3.05) is 18.8 Å². The van der Waals surface area contributed by atoms with Gasteiger partial charge in [-0.1, -0.05) is 13.8 Å². The summed E-state index contributed by atoms with van der Waals surface area (Å²) in [6.07, 6.45) is 1.97. The molecule has 1 saturated heterocycles. The molecule has 0 spiro atoms. The van der Waals surface area contributed by atoms with Gasteiger partial charge in [0.05, 0.1) is 11.8 Å². The minimum absolute atomic E-state index is 0. The van der Waals surface area contributed by atoms with Crippen molar-refractivity contribution < 1.29 is 13.2 Å². The molecule has 1 aliphatic heterocycles. The second-order valence-corrected chi connectivity index (χ2v) is 8.08. The molecule has 1 fully saturated rings. The molecule has 8 heteroatoms. The van der Waals surface area contributed by atoms with Crippen LogP contribution >= 0.6 is 12.4 Å². The SMILES string of the molecule is CCS(=O)(=O)N1CCC(NC(=O)[C@@H](N)CC(C)C)CC1.Cl. The van der Waals surface area contributed by atoms with Crippen LogP contribution in [0, 0.1) is 5.92 Å². The van der Waals surface area contributed by atoms with E-state index in [1.54, 1.807) is 6.92 Å². The molecule has 0 saturated carbocycles. The zero-order valence-electron chi connectivity index (χ0n) is 13.0. The summed E-state index contributed by atoms with van der Waals surface area (Å²) in [4.78, 5) is 11.9. The van der Waals surface area contributed by atoms with Gasteiger partial charge in [-0.15, -0.1) is 12.4 Å². The van der Waals surface area contributed by atoms with Gasteiger partial charge in [-0.05, 0) is 32.1 Å². The number of nitrogens with zero attached hydrogens (tertiary/aromatic N) is 1. The van der Waals surface area contributed by atoms with Gasteiger partial charge in [0.15, 0.2) is 0 Å². The molecular weight excluding hydrogens is 314 g/mol. The Hall–Kier alpha value is -0.370. The Balaban J connectivity index is 0.00000400. The van der Waals surface area contributed by atoms with Crippen LogP contribution in [-0.4, -0.2) is 49.6 Å². The molecular formula is C13H28ClN3O3S. The molecule has 0 unspecified atom stereocenters. The molecule has 1 aliphatic rings. The Morgan fingerprint density at radius 3 is 2.29 bits per heavy atom. The summed E-state index contributed by atoms with van der Waals surface area (Å²) >= 11 is 0. The van der Waals surface area contributed by atoms with Gasteiger partial charge in [0.1, 0.15) is 0 Å². The highest BCUT2D eigenvalue weighted by atomic mass is 35.5. The molecule has 0 aliphatic carbocycles. The molecule has 1 amide bonds. The van der Waals surface area contributed by atoms with Gasteiger partial charge in [-0.25, -0.2) is 12.7 Å². The zero-order valence-corrected chi connectivity index (χ0v) is 14.7. The van der Waals surface area contributed by atoms with Crippen molar-refractivity contribution in [1.29, 1.82) is 0 Å². The number of nitrogens with one attached hydrogen (secondary N) is 1. The van der Waals surface area contributed by atoms with Crippen LogP contribution in [0.5, 0.6) is 0 Å². The Morgan fingerprint density at radius 1 is 1.33 bits per heavy atom. The van der Waals surface area contributed by atoms with E-state index in [1.807, 2.05) is 13.8 Å². The molecule has 0 radical (unpaired) electrons. The maximum absolute atomic E-state index is 11.9. The fraction of sp³-hybridized carbons (Fsp3) is 0.923. The third-order valence-corrected chi connectivity index (χ3v) is 5.50. The number of hydrogen-bond donors (Lipinski definition) is 2. The zero-order chi connectivity index (χ0) is 15.3. The molecule has 21 heavy (non-hydrogen) atoms. The van der Waals surface area contributed by atoms with Crippen molar-refractivity contribution in [3.63, 3.8) is 0 Å². The van der Waals surface area contributed by atoms with Gasteiger partial charge in [0, 0.05) is 19.1 Å². The van der Waals surface area contributed by atoms with Crippen molar-refractivity contribution in [2.24, 2.45) is 11.7 Å². The number of hydrogen-bond acceptors (Lipinski definition) is 4. The van der Waals surface area contributed by atoms with Crippen molar-refractivity contribution in [3.8, 4) is 0 Å². The van der Waals surface area contributed by atoms with Crippen LogP contribution in [-0.2, 0) is 14.8 Å². The molecule has 1 rings (SSSR count). The van der Waals surface area contributed by atoms with Crippen molar-refractivity contribution >= 4 is 28.3 Å². The molecule has 3 N–H and O–H groups in total. The summed E-state index contributed by atoms with van der Waals surface area (Å²) in [6, 6.07) is -0.448. The minimum atomic E-state index is -3.11. The monoisotopic (exact) mass is 341 g/mol. The number of halogens is 1. The van der Waals surface area contributed by atoms with E-state index in [0.29, 0.717) is 38.3 Å². The van der Waals surface area contributed by atoms with Crippen LogP contribution in [0.3, 0.4) is 0 Å². The van der Waals surface area contributed by atoms with E-state index in [9.17, 15) is 13.2 Å². The molecule has 0 bridgehead atoms. The van der Waals surface area contributed by atoms with Crippen LogP contribution in [0.1, 0.15) is 40.0 Å². The van der Waals surface area contributed by atoms with Crippen molar-refractivity contribution in [3.05, 3.63) is 0 Å². The van der Waals surface area contributed by atoms with E-state index in [-0.39, 0.29) is 30.1 Å². The third-order valence-electron chi connectivity index (χ3n) is 3.62. The van der Waals surface area contributed by atoms with Gasteiger partial charge in [-0.2, -0.15) is 0 Å². The van der Waals surface area contributed by atoms with Crippen LogP contribution in [0.25, 0.3) is 0 Å². The minimum Gasteiger partial charge on any atom is -0.352 e. The normalized spacial score (nSPS) is 19.1. The summed E-state index contributed by atoms with van der Waals surface area (Å²) in [7, 11) is -3.11. The van der Waals surface area contributed by atoms with E-state index < -0.39 is 16.1 Å². The first-order chi connectivity index (χ1) is 9.26. The maximum atomic E-state index is 11.9. The van der Waals surface area contributed by atoms with Gasteiger partial charge >= 0.3 is 0 Å². The van der Waals surface area contributed by atoms with E-state index >= 15 is 0 Å². The molecule has 0 aromatic carbocycles. The molecule has 1 atom stereocenters. The van der Waals surface area contributed by atoms with Crippen LogP contribution < -0.4 is 11.1 Å². The van der Waals surface area contributed by atoms with E-state index in [0.717, 1.165) is 0 Å². The number of nitrogens with two attached hydrogens (primary N) is 1. The number of carbonyl (C=O) groups excluding carboxylic acids is 1. The molecule has 0 aromatic rings. The van der Waals surface area contributed by atoms with Crippen LogP contribution in [0.15, 0.2) is 0 Å². The van der Waals surface area contributed by atoms with Gasteiger partial charge < -0.3 is 11.1 Å². The molecule has 1 heterocycles. The lowest BCUT2D eigenvalue weighted by Gasteiger charge is -2.32. The number of rotatable bonds is 6. The van der Waals surface area contributed by atoms with E-state index in [1.165, 1.54) is 4.31 Å². The van der Waals surface area contributed by atoms with Crippen molar-refractivity contribution in [1.82, 2.24) is 9.62 Å². The Labute approximate surface area is 134 Å². The summed E-state index contributed by atoms with van der Waals surface area (Å²) in [5.74, 6) is 0.381. The topological polar surface area (TPSA) is 92.5 Å². The van der Waals surface area contributed by atoms with Crippen LogP contribution in [0.2, 0.25) is 0 Å². The molecule has 126 valence electrons. The maximum Gasteiger partial charge on any atom is 0.237 e. The second-order valence-electron chi connectivity index (χ2n) is 5.82. The van der Waals surface area contributed by atoms with Gasteiger partial charge in [0.2, 0.25) is 15.9 Å². The third kappa shape index (κ3) is 6.50. The summed E-state index contributed by atoms with van der Waals surface area (Å²) in [5, 5.41) is 2.93. The first kappa shape index (κ1) is 20.6. The first-order valence-corrected chi connectivity index (χ1v) is 8.91. The van der Waals surface area contributed by atoms with Crippen molar-refractivity contribution in [2.45, 2.75) is 52.1 Å². The predicted octanol–water partition coefficient (Wildman–Crippen LogP) is 0.712. The molecule has 0 aromatic heterocycles. The number of piperidine rings is 1. The fourth-order valence-electron chi connectivity index (χ4n) is 2.38. The summed E-state index contributed by atoms with van der Waals surface area (Å²) < 4.78 is 25.0. The predicted molar refractivity (Wildman–Crippen MR) is 86.9 cm³/mol. The number of carbonyl (C=O) groups is 1. The lowest BCUT2D eigenvalue weighted by atomic mass is 10.0. The quantitative estimate of drug-likeness (QED) is 0.744. The lowest BCUT2D eigenvalue weighted by Crippen LogP contribution is -2.50. The Morgan fingerprint density at radius 2 is 1.86 bits per heavy atom. The highest BCUT2D eigenvalue weighted by Gasteiger charge is 2.28. The highest BCUT2D eigenvalue weighted by molar-refractivity contribution is 7.89. The summed E-state index contributed by atoms with van der Waals surface area (Å²) in [6.45, 7) is 6.65. The second kappa shape index (κ2) is 8.92. The average Bonchev–Trinajstić information content (AvgIpc) is 2.38. The van der Waals surface area contributed by atoms with Gasteiger partial charge in [-0.3, -0.25) is 4.79 Å². The standard InChI is InChI=1S/C13H27N3O3S.ClH/c1-4-20(18,19)16-7-5-11(6-8-16)15-13(17)12(14)9-10(2)3;/h10-12H,4-9,14H2,1-3H3,(H,15,17);1H/t12-;/m0./s1. The largest absolute Gasteiger partial charge is 0.352 e. The molecule has 6 nitrogen and oxygen atoms in total.